The summed E-state index contributed by atoms with van der Waals surface area (Å²) < 4.78 is 0. The lowest BCUT2D eigenvalue weighted by molar-refractivity contribution is -0.124. The van der Waals surface area contributed by atoms with Crippen LogP contribution in [0.5, 0.6) is 0 Å². The van der Waals surface area contributed by atoms with E-state index in [9.17, 15) is 4.79 Å². The van der Waals surface area contributed by atoms with Crippen LogP contribution >= 0.6 is 11.6 Å². The quantitative estimate of drug-likeness (QED) is 0.841. The van der Waals surface area contributed by atoms with Gasteiger partial charge in [-0.25, -0.2) is 0 Å². The Hall–Kier alpha value is -1.02. The topological polar surface area (TPSA) is 29.1 Å². The van der Waals surface area contributed by atoms with Gasteiger partial charge < -0.3 is 5.32 Å². The average Bonchev–Trinajstić information content (AvgIpc) is 2.19. The van der Waals surface area contributed by atoms with Crippen molar-refractivity contribution in [1.82, 2.24) is 5.32 Å². The summed E-state index contributed by atoms with van der Waals surface area (Å²) in [5, 5.41) is 3.48. The van der Waals surface area contributed by atoms with Crippen LogP contribution in [-0.4, -0.2) is 5.91 Å². The van der Waals surface area contributed by atoms with E-state index < -0.39 is 0 Å². The molecule has 0 aliphatic rings. The summed E-state index contributed by atoms with van der Waals surface area (Å²) in [6.07, 6.45) is 0. The summed E-state index contributed by atoms with van der Waals surface area (Å²) in [7, 11) is 0. The normalized spacial score (nSPS) is 10.5. The van der Waals surface area contributed by atoms with Gasteiger partial charge in [0.15, 0.2) is 0 Å². The van der Waals surface area contributed by atoms with Crippen molar-refractivity contribution < 1.29 is 4.79 Å². The Morgan fingerprint density at radius 1 is 1.53 bits per heavy atom. The first kappa shape index (κ1) is 12.1. The van der Waals surface area contributed by atoms with Gasteiger partial charge in [0, 0.05) is 17.5 Å². The highest BCUT2D eigenvalue weighted by Crippen LogP contribution is 2.16. The van der Waals surface area contributed by atoms with Crippen molar-refractivity contribution in [3.63, 3.8) is 0 Å². The van der Waals surface area contributed by atoms with Gasteiger partial charge in [0.05, 0.1) is 0 Å². The number of hydrogen-bond donors (Lipinski definition) is 1. The largest absolute Gasteiger partial charge is 0.352 e. The zero-order valence-electron chi connectivity index (χ0n) is 9.01. The lowest BCUT2D eigenvalue weighted by Gasteiger charge is -2.08. The van der Waals surface area contributed by atoms with Crippen LogP contribution in [0, 0.1) is 12.8 Å². The molecule has 0 fully saturated rings. The van der Waals surface area contributed by atoms with Crippen LogP contribution in [0.25, 0.3) is 0 Å². The second-order valence-corrected chi connectivity index (χ2v) is 4.21. The fraction of sp³-hybridized carbons (Fsp3) is 0.333. The Morgan fingerprint density at radius 2 is 2.20 bits per heavy atom. The van der Waals surface area contributed by atoms with E-state index in [4.69, 9.17) is 11.6 Å². The number of carbonyl (C=O) groups is 1. The molecule has 3 heteroatoms. The number of rotatable bonds is 3. The Bertz CT molecular complexity index is 361. The molecule has 0 atom stereocenters. The first-order valence-corrected chi connectivity index (χ1v) is 5.26. The van der Waals surface area contributed by atoms with Crippen LogP contribution < -0.4 is 5.32 Å². The van der Waals surface area contributed by atoms with Crippen molar-refractivity contribution >= 4 is 17.5 Å². The average molecular weight is 225 g/mol. The van der Waals surface area contributed by atoms with Crippen molar-refractivity contribution in [3.05, 3.63) is 41.3 Å². The molecule has 1 aromatic rings. The van der Waals surface area contributed by atoms with Crippen LogP contribution in [-0.2, 0) is 11.3 Å². The maximum Gasteiger partial charge on any atom is 0.222 e. The number of benzene rings is 1. The smallest absolute Gasteiger partial charge is 0.222 e. The summed E-state index contributed by atoms with van der Waals surface area (Å²) in [5.74, 6) is 0.0621. The molecular weight excluding hydrogens is 210 g/mol. The SMILES string of the molecule is [CH2]c1cc(CNC(=O)C(C)C)ccc1Cl. The standard InChI is InChI=1S/C12H15ClNO/c1-8(2)12(15)14-7-10-4-5-11(13)9(3)6-10/h4-6,8H,3,7H2,1-2H3,(H,14,15). The number of carbonyl (C=O) groups excluding carboxylic acids is 1. The highest BCUT2D eigenvalue weighted by Gasteiger charge is 2.06. The zero-order valence-corrected chi connectivity index (χ0v) is 9.77. The minimum absolute atomic E-state index is 0.0107. The lowest BCUT2D eigenvalue weighted by atomic mass is 10.1. The molecule has 1 aromatic carbocycles. The third-order valence-electron chi connectivity index (χ3n) is 2.10. The van der Waals surface area contributed by atoms with Gasteiger partial charge in [-0.3, -0.25) is 4.79 Å². The minimum Gasteiger partial charge on any atom is -0.352 e. The van der Waals surface area contributed by atoms with Crippen molar-refractivity contribution in [2.75, 3.05) is 0 Å². The van der Waals surface area contributed by atoms with Crippen molar-refractivity contribution in [1.29, 1.82) is 0 Å². The predicted octanol–water partition coefficient (Wildman–Crippen LogP) is 2.79. The molecule has 1 N–H and O–H groups in total. The lowest BCUT2D eigenvalue weighted by Crippen LogP contribution is -2.27. The summed E-state index contributed by atoms with van der Waals surface area (Å²) in [6, 6.07) is 5.56. The van der Waals surface area contributed by atoms with E-state index in [1.54, 1.807) is 6.07 Å². The van der Waals surface area contributed by atoms with E-state index in [2.05, 4.69) is 12.2 Å². The van der Waals surface area contributed by atoms with Gasteiger partial charge in [0.1, 0.15) is 0 Å². The van der Waals surface area contributed by atoms with Crippen LogP contribution in [0.3, 0.4) is 0 Å². The number of nitrogens with one attached hydrogen (secondary N) is 1. The van der Waals surface area contributed by atoms with E-state index >= 15 is 0 Å². The van der Waals surface area contributed by atoms with Crippen LogP contribution in [0.1, 0.15) is 25.0 Å². The van der Waals surface area contributed by atoms with Crippen LogP contribution in [0.4, 0.5) is 0 Å². The van der Waals surface area contributed by atoms with Gasteiger partial charge in [-0.1, -0.05) is 37.6 Å². The fourth-order valence-electron chi connectivity index (χ4n) is 1.13. The molecule has 0 saturated heterocycles. The molecule has 0 spiro atoms. The molecule has 0 aliphatic carbocycles. The Morgan fingerprint density at radius 3 is 2.73 bits per heavy atom. The molecule has 0 bridgehead atoms. The van der Waals surface area contributed by atoms with Crippen LogP contribution in [0.15, 0.2) is 18.2 Å². The van der Waals surface area contributed by atoms with Crippen molar-refractivity contribution in [2.45, 2.75) is 20.4 Å². The molecule has 81 valence electrons. The van der Waals surface area contributed by atoms with Crippen molar-refractivity contribution in [2.24, 2.45) is 5.92 Å². The molecule has 1 amide bonds. The molecule has 0 aliphatic heterocycles. The van der Waals surface area contributed by atoms with E-state index in [0.717, 1.165) is 11.1 Å². The number of halogens is 1. The van der Waals surface area contributed by atoms with E-state index in [1.807, 2.05) is 26.0 Å². The van der Waals surface area contributed by atoms with Gasteiger partial charge in [-0.15, -0.1) is 0 Å². The van der Waals surface area contributed by atoms with Crippen LogP contribution in [0.2, 0.25) is 5.02 Å². The minimum atomic E-state index is 0.0107. The van der Waals surface area contributed by atoms with Gasteiger partial charge in [-0.2, -0.15) is 0 Å². The van der Waals surface area contributed by atoms with Gasteiger partial charge >= 0.3 is 0 Å². The zero-order chi connectivity index (χ0) is 11.4. The summed E-state index contributed by atoms with van der Waals surface area (Å²) in [5.41, 5.74) is 1.80. The molecule has 2 nitrogen and oxygen atoms in total. The van der Waals surface area contributed by atoms with Gasteiger partial charge in [-0.05, 0) is 24.1 Å². The predicted molar refractivity (Wildman–Crippen MR) is 62.6 cm³/mol. The molecule has 1 rings (SSSR count). The highest BCUT2D eigenvalue weighted by molar-refractivity contribution is 6.31. The first-order chi connectivity index (χ1) is 7.00. The summed E-state index contributed by atoms with van der Waals surface area (Å²) in [6.45, 7) is 8.05. The number of amides is 1. The fourth-order valence-corrected chi connectivity index (χ4v) is 1.25. The third kappa shape index (κ3) is 3.56. The Labute approximate surface area is 95.6 Å². The molecule has 0 saturated carbocycles. The molecule has 1 radical (unpaired) electrons. The second-order valence-electron chi connectivity index (χ2n) is 3.80. The number of hydrogen-bond acceptors (Lipinski definition) is 1. The van der Waals surface area contributed by atoms with Crippen molar-refractivity contribution in [3.8, 4) is 0 Å². The highest BCUT2D eigenvalue weighted by atomic mass is 35.5. The molecular formula is C12H15ClNO. The molecule has 15 heavy (non-hydrogen) atoms. The van der Waals surface area contributed by atoms with Gasteiger partial charge in [0.2, 0.25) is 5.91 Å². The summed E-state index contributed by atoms with van der Waals surface area (Å²) in [4.78, 5) is 11.3. The maximum absolute atomic E-state index is 11.3. The first-order valence-electron chi connectivity index (χ1n) is 4.89. The Balaban J connectivity index is 2.58. The molecule has 0 aromatic heterocycles. The van der Waals surface area contributed by atoms with E-state index in [0.29, 0.717) is 11.6 Å². The summed E-state index contributed by atoms with van der Waals surface area (Å²) >= 11 is 5.84. The maximum atomic E-state index is 11.3. The molecule has 0 heterocycles. The monoisotopic (exact) mass is 224 g/mol. The molecule has 0 unspecified atom stereocenters. The second kappa shape index (κ2) is 5.17. The van der Waals surface area contributed by atoms with Gasteiger partial charge in [0.25, 0.3) is 0 Å². The van der Waals surface area contributed by atoms with E-state index in [-0.39, 0.29) is 11.8 Å². The Kier molecular flexibility index (Phi) is 4.15. The third-order valence-corrected chi connectivity index (χ3v) is 2.47. The van der Waals surface area contributed by atoms with E-state index in [1.165, 1.54) is 0 Å².